The number of carbonyl (C=O) groups is 2. The van der Waals surface area contributed by atoms with Gasteiger partial charge in [-0.25, -0.2) is 0 Å². The van der Waals surface area contributed by atoms with E-state index in [0.29, 0.717) is 12.6 Å². The quantitative estimate of drug-likeness (QED) is 0.738. The van der Waals surface area contributed by atoms with Gasteiger partial charge in [0.25, 0.3) is 0 Å². The maximum Gasteiger partial charge on any atom is 0.305 e. The minimum Gasteiger partial charge on any atom is -0.481 e. The molecule has 2 fully saturated rings. The summed E-state index contributed by atoms with van der Waals surface area (Å²) in [4.78, 5) is 24.6. The summed E-state index contributed by atoms with van der Waals surface area (Å²) in [5.41, 5.74) is 0. The lowest BCUT2D eigenvalue weighted by Crippen LogP contribution is -2.49. The summed E-state index contributed by atoms with van der Waals surface area (Å²) in [7, 11) is 0. The maximum atomic E-state index is 12.3. The number of rotatable bonds is 5. The molecule has 1 aliphatic carbocycles. The smallest absolute Gasteiger partial charge is 0.305 e. The fourth-order valence-corrected chi connectivity index (χ4v) is 2.34. The van der Waals surface area contributed by atoms with Crippen LogP contribution in [0.15, 0.2) is 0 Å². The zero-order valence-corrected chi connectivity index (χ0v) is 10.0. The van der Waals surface area contributed by atoms with Crippen LogP contribution in [-0.2, 0) is 9.59 Å². The van der Waals surface area contributed by atoms with Crippen LogP contribution in [0.4, 0.5) is 0 Å². The third-order valence-corrected chi connectivity index (χ3v) is 3.45. The first-order valence-corrected chi connectivity index (χ1v) is 6.44. The number of nitrogens with one attached hydrogen (secondary N) is 1. The Bertz CT molecular complexity index is 296. The van der Waals surface area contributed by atoms with Gasteiger partial charge in [0.1, 0.15) is 0 Å². The summed E-state index contributed by atoms with van der Waals surface area (Å²) in [6.07, 6.45) is 5.20. The van der Waals surface area contributed by atoms with Gasteiger partial charge in [-0.2, -0.15) is 0 Å². The van der Waals surface area contributed by atoms with Gasteiger partial charge in [0.2, 0.25) is 5.91 Å². The molecule has 0 bridgehead atoms. The number of aliphatic carboxylic acids is 1. The summed E-state index contributed by atoms with van der Waals surface area (Å²) >= 11 is 0. The molecule has 0 aromatic carbocycles. The molecule has 1 saturated heterocycles. The first-order valence-electron chi connectivity index (χ1n) is 6.44. The molecular weight excluding hydrogens is 220 g/mol. The number of piperidine rings is 1. The van der Waals surface area contributed by atoms with E-state index in [1.807, 2.05) is 0 Å². The van der Waals surface area contributed by atoms with Crippen LogP contribution in [0.3, 0.4) is 0 Å². The van der Waals surface area contributed by atoms with Crippen LogP contribution in [-0.4, -0.2) is 47.1 Å². The van der Waals surface area contributed by atoms with Gasteiger partial charge in [-0.15, -0.1) is 0 Å². The minimum absolute atomic E-state index is 0.0506. The Balaban J connectivity index is 1.89. The van der Waals surface area contributed by atoms with E-state index < -0.39 is 5.97 Å². The number of hydrogen-bond acceptors (Lipinski definition) is 3. The lowest BCUT2D eigenvalue weighted by atomic mass is 10.0. The summed E-state index contributed by atoms with van der Waals surface area (Å²) in [5.74, 6) is -0.728. The van der Waals surface area contributed by atoms with E-state index in [1.165, 1.54) is 0 Å². The van der Waals surface area contributed by atoms with E-state index in [0.717, 1.165) is 38.6 Å². The number of hydrogen-bond donors (Lipinski definition) is 2. The molecule has 5 heteroatoms. The van der Waals surface area contributed by atoms with Gasteiger partial charge in [0, 0.05) is 12.6 Å². The first-order chi connectivity index (χ1) is 8.18. The lowest BCUT2D eigenvalue weighted by molar-refractivity contribution is -0.139. The fourth-order valence-electron chi connectivity index (χ4n) is 2.34. The SMILES string of the molecule is O=C(O)CCN(C(=O)C1CCCCN1)C1CC1. The molecule has 96 valence electrons. The van der Waals surface area contributed by atoms with Gasteiger partial charge < -0.3 is 15.3 Å². The van der Waals surface area contributed by atoms with Crippen LogP contribution in [0.25, 0.3) is 0 Å². The highest BCUT2D eigenvalue weighted by atomic mass is 16.4. The Morgan fingerprint density at radius 3 is 2.53 bits per heavy atom. The maximum absolute atomic E-state index is 12.3. The van der Waals surface area contributed by atoms with Crippen LogP contribution in [0, 0.1) is 0 Å². The second-order valence-electron chi connectivity index (χ2n) is 4.91. The zero-order valence-electron chi connectivity index (χ0n) is 10.0. The standard InChI is InChI=1S/C12H20N2O3/c15-11(16)6-8-14(9-4-5-9)12(17)10-3-1-2-7-13-10/h9-10,13H,1-8H2,(H,15,16). The van der Waals surface area contributed by atoms with E-state index in [9.17, 15) is 9.59 Å². The topological polar surface area (TPSA) is 69.6 Å². The molecule has 1 amide bonds. The van der Waals surface area contributed by atoms with E-state index >= 15 is 0 Å². The molecule has 1 aliphatic heterocycles. The Kier molecular flexibility index (Phi) is 3.99. The third-order valence-electron chi connectivity index (χ3n) is 3.45. The lowest BCUT2D eigenvalue weighted by Gasteiger charge is -2.29. The molecule has 0 aromatic rings. The van der Waals surface area contributed by atoms with Crippen molar-refractivity contribution in [2.45, 2.75) is 50.6 Å². The van der Waals surface area contributed by atoms with Crippen LogP contribution >= 0.6 is 0 Å². The number of carbonyl (C=O) groups excluding carboxylic acids is 1. The summed E-state index contributed by atoms with van der Waals surface area (Å²) in [6.45, 7) is 1.25. The van der Waals surface area contributed by atoms with Gasteiger partial charge in [0.05, 0.1) is 12.5 Å². The number of carboxylic acid groups (broad SMARTS) is 1. The predicted octanol–water partition coefficient (Wildman–Crippen LogP) is 0.594. The molecule has 2 aliphatic rings. The van der Waals surface area contributed by atoms with Crippen LogP contribution in [0.1, 0.15) is 38.5 Å². The Labute approximate surface area is 101 Å². The first kappa shape index (κ1) is 12.4. The van der Waals surface area contributed by atoms with Gasteiger partial charge in [-0.3, -0.25) is 9.59 Å². The zero-order chi connectivity index (χ0) is 12.3. The molecule has 2 N–H and O–H groups in total. The normalized spacial score (nSPS) is 24.4. The number of carboxylic acids is 1. The Morgan fingerprint density at radius 2 is 2.00 bits per heavy atom. The highest BCUT2D eigenvalue weighted by molar-refractivity contribution is 5.83. The van der Waals surface area contributed by atoms with E-state index in [-0.39, 0.29) is 18.4 Å². The number of amides is 1. The van der Waals surface area contributed by atoms with Crippen molar-refractivity contribution in [3.8, 4) is 0 Å². The molecule has 1 heterocycles. The van der Waals surface area contributed by atoms with Crippen molar-refractivity contribution in [1.29, 1.82) is 0 Å². The second-order valence-corrected chi connectivity index (χ2v) is 4.91. The molecule has 1 unspecified atom stereocenters. The third kappa shape index (κ3) is 3.43. The van der Waals surface area contributed by atoms with Gasteiger partial charge >= 0.3 is 5.97 Å². The van der Waals surface area contributed by atoms with Crippen LogP contribution < -0.4 is 5.32 Å². The van der Waals surface area contributed by atoms with Crippen molar-refractivity contribution in [2.75, 3.05) is 13.1 Å². The van der Waals surface area contributed by atoms with Gasteiger partial charge in [-0.05, 0) is 32.2 Å². The van der Waals surface area contributed by atoms with E-state index in [4.69, 9.17) is 5.11 Å². The van der Waals surface area contributed by atoms with Crippen LogP contribution in [0.5, 0.6) is 0 Å². The number of nitrogens with zero attached hydrogens (tertiary/aromatic N) is 1. The fraction of sp³-hybridized carbons (Fsp3) is 0.833. The monoisotopic (exact) mass is 240 g/mol. The van der Waals surface area contributed by atoms with E-state index in [2.05, 4.69) is 5.32 Å². The highest BCUT2D eigenvalue weighted by Crippen LogP contribution is 2.28. The minimum atomic E-state index is -0.833. The highest BCUT2D eigenvalue weighted by Gasteiger charge is 2.36. The van der Waals surface area contributed by atoms with Crippen LogP contribution in [0.2, 0.25) is 0 Å². The summed E-state index contributed by atoms with van der Waals surface area (Å²) in [6, 6.07) is 0.212. The molecule has 1 atom stereocenters. The summed E-state index contributed by atoms with van der Waals surface area (Å²) < 4.78 is 0. The van der Waals surface area contributed by atoms with Crippen molar-refractivity contribution in [3.63, 3.8) is 0 Å². The summed E-state index contributed by atoms with van der Waals surface area (Å²) in [5, 5.41) is 11.9. The molecule has 1 saturated carbocycles. The Morgan fingerprint density at radius 1 is 1.24 bits per heavy atom. The predicted molar refractivity (Wildman–Crippen MR) is 62.6 cm³/mol. The van der Waals surface area contributed by atoms with Crippen molar-refractivity contribution < 1.29 is 14.7 Å². The average molecular weight is 240 g/mol. The van der Waals surface area contributed by atoms with Crippen molar-refractivity contribution in [2.24, 2.45) is 0 Å². The van der Waals surface area contributed by atoms with Crippen molar-refractivity contribution in [3.05, 3.63) is 0 Å². The molecule has 2 rings (SSSR count). The largest absolute Gasteiger partial charge is 0.481 e. The average Bonchev–Trinajstić information content (AvgIpc) is 3.14. The molecule has 17 heavy (non-hydrogen) atoms. The Hall–Kier alpha value is -1.10. The van der Waals surface area contributed by atoms with E-state index in [1.54, 1.807) is 4.90 Å². The van der Waals surface area contributed by atoms with Crippen molar-refractivity contribution >= 4 is 11.9 Å². The molecule has 0 aromatic heterocycles. The second kappa shape index (κ2) is 5.49. The van der Waals surface area contributed by atoms with Crippen molar-refractivity contribution in [1.82, 2.24) is 10.2 Å². The van der Waals surface area contributed by atoms with Gasteiger partial charge in [0.15, 0.2) is 0 Å². The molecule has 0 radical (unpaired) electrons. The molecular formula is C12H20N2O3. The molecule has 5 nitrogen and oxygen atoms in total. The van der Waals surface area contributed by atoms with Gasteiger partial charge in [-0.1, -0.05) is 6.42 Å². The molecule has 0 spiro atoms.